The molecule has 1 atom stereocenters. The third-order valence-electron chi connectivity index (χ3n) is 1.90. The minimum absolute atomic E-state index is 0.334. The van der Waals surface area contributed by atoms with E-state index in [2.05, 4.69) is 15.9 Å². The van der Waals surface area contributed by atoms with Crippen molar-refractivity contribution in [2.45, 2.75) is 26.9 Å². The highest BCUT2D eigenvalue weighted by Crippen LogP contribution is 2.26. The molecule has 1 rings (SSSR count). The molecule has 0 spiro atoms. The van der Waals surface area contributed by atoms with E-state index in [-0.39, 0.29) is 0 Å². The van der Waals surface area contributed by atoms with Gasteiger partial charge in [-0.3, -0.25) is 0 Å². The zero-order valence-corrected chi connectivity index (χ0v) is 10.3. The van der Waals surface area contributed by atoms with Crippen LogP contribution in [0.15, 0.2) is 16.6 Å². The van der Waals surface area contributed by atoms with Crippen molar-refractivity contribution in [1.29, 1.82) is 0 Å². The number of benzene rings is 1. The number of rotatable bonds is 3. The van der Waals surface area contributed by atoms with Crippen molar-refractivity contribution in [3.05, 3.63) is 27.7 Å². The van der Waals surface area contributed by atoms with E-state index >= 15 is 0 Å². The summed E-state index contributed by atoms with van der Waals surface area (Å²) >= 11 is 3.49. The van der Waals surface area contributed by atoms with Crippen LogP contribution in [0.25, 0.3) is 0 Å². The van der Waals surface area contributed by atoms with E-state index in [0.717, 1.165) is 21.3 Å². The number of aryl methyl sites for hydroxylation is 2. The van der Waals surface area contributed by atoms with Crippen molar-refractivity contribution >= 4 is 15.9 Å². The quantitative estimate of drug-likeness (QED) is 0.904. The maximum Gasteiger partial charge on any atom is 0.120 e. The molecule has 3 heteroatoms. The number of halogens is 1. The first-order valence-electron chi connectivity index (χ1n) is 4.58. The molecule has 0 aliphatic carbocycles. The molecule has 0 aliphatic heterocycles. The topological polar surface area (TPSA) is 29.5 Å². The summed E-state index contributed by atoms with van der Waals surface area (Å²) in [7, 11) is 0. The van der Waals surface area contributed by atoms with E-state index in [1.807, 2.05) is 26.0 Å². The van der Waals surface area contributed by atoms with Crippen LogP contribution in [0.3, 0.4) is 0 Å². The fourth-order valence-electron chi connectivity index (χ4n) is 1.21. The lowest BCUT2D eigenvalue weighted by molar-refractivity contribution is 0.122. The standard InChI is InChI=1S/C11H15BrO2/c1-7-4-10(14-6-9(3)13)5-8(2)11(7)12/h4-5,9,13H,6H2,1-3H3/t9-/m0/s1. The van der Waals surface area contributed by atoms with E-state index in [4.69, 9.17) is 9.84 Å². The highest BCUT2D eigenvalue weighted by Gasteiger charge is 2.04. The molecule has 0 amide bonds. The zero-order valence-electron chi connectivity index (χ0n) is 8.67. The number of aliphatic hydroxyl groups is 1. The van der Waals surface area contributed by atoms with Crippen molar-refractivity contribution in [1.82, 2.24) is 0 Å². The van der Waals surface area contributed by atoms with E-state index in [9.17, 15) is 0 Å². The molecule has 1 N–H and O–H groups in total. The van der Waals surface area contributed by atoms with Crippen molar-refractivity contribution in [3.8, 4) is 5.75 Å². The molecular formula is C11H15BrO2. The molecular weight excluding hydrogens is 244 g/mol. The van der Waals surface area contributed by atoms with Gasteiger partial charge in [-0.25, -0.2) is 0 Å². The summed E-state index contributed by atoms with van der Waals surface area (Å²) in [6.45, 7) is 6.08. The van der Waals surface area contributed by atoms with Crippen LogP contribution in [-0.2, 0) is 0 Å². The third kappa shape index (κ3) is 3.00. The van der Waals surface area contributed by atoms with Gasteiger partial charge >= 0.3 is 0 Å². The second kappa shape index (κ2) is 4.80. The minimum atomic E-state index is -0.431. The van der Waals surface area contributed by atoms with Crippen molar-refractivity contribution in [2.24, 2.45) is 0 Å². The SMILES string of the molecule is Cc1cc(OC[C@H](C)O)cc(C)c1Br. The van der Waals surface area contributed by atoms with Gasteiger partial charge in [0.15, 0.2) is 0 Å². The maximum atomic E-state index is 9.07. The summed E-state index contributed by atoms with van der Waals surface area (Å²) in [5.41, 5.74) is 2.29. The van der Waals surface area contributed by atoms with E-state index in [0.29, 0.717) is 6.61 Å². The van der Waals surface area contributed by atoms with E-state index < -0.39 is 6.10 Å². The normalized spacial score (nSPS) is 12.6. The number of hydrogen-bond donors (Lipinski definition) is 1. The molecule has 0 bridgehead atoms. The highest BCUT2D eigenvalue weighted by molar-refractivity contribution is 9.10. The van der Waals surface area contributed by atoms with Gasteiger partial charge in [-0.2, -0.15) is 0 Å². The largest absolute Gasteiger partial charge is 0.491 e. The van der Waals surface area contributed by atoms with Gasteiger partial charge in [0.25, 0.3) is 0 Å². The van der Waals surface area contributed by atoms with Gasteiger partial charge in [0.2, 0.25) is 0 Å². The summed E-state index contributed by atoms with van der Waals surface area (Å²) in [6, 6.07) is 3.92. The molecule has 1 aromatic rings. The molecule has 14 heavy (non-hydrogen) atoms. The van der Waals surface area contributed by atoms with Gasteiger partial charge in [0.05, 0.1) is 6.10 Å². The third-order valence-corrected chi connectivity index (χ3v) is 3.15. The predicted molar refractivity (Wildman–Crippen MR) is 60.8 cm³/mol. The molecule has 0 unspecified atom stereocenters. The lowest BCUT2D eigenvalue weighted by atomic mass is 10.1. The first-order chi connectivity index (χ1) is 6.50. The summed E-state index contributed by atoms with van der Waals surface area (Å²) in [6.07, 6.45) is -0.431. The van der Waals surface area contributed by atoms with E-state index in [1.54, 1.807) is 6.92 Å². The Kier molecular flexibility index (Phi) is 3.96. The second-order valence-corrected chi connectivity index (χ2v) is 4.32. The summed E-state index contributed by atoms with van der Waals surface area (Å²) in [4.78, 5) is 0. The Bertz CT molecular complexity index is 298. The van der Waals surface area contributed by atoms with Gasteiger partial charge < -0.3 is 9.84 Å². The van der Waals surface area contributed by atoms with E-state index in [1.165, 1.54) is 0 Å². The molecule has 78 valence electrons. The van der Waals surface area contributed by atoms with Crippen LogP contribution in [0.2, 0.25) is 0 Å². The number of hydrogen-bond acceptors (Lipinski definition) is 2. The Morgan fingerprint density at radius 1 is 1.36 bits per heavy atom. The monoisotopic (exact) mass is 258 g/mol. The van der Waals surface area contributed by atoms with Gasteiger partial charge in [0, 0.05) is 4.47 Å². The lowest BCUT2D eigenvalue weighted by Crippen LogP contribution is -2.12. The summed E-state index contributed by atoms with van der Waals surface area (Å²) in [5.74, 6) is 0.809. The van der Waals surface area contributed by atoms with Crippen LogP contribution in [0.4, 0.5) is 0 Å². The average molecular weight is 259 g/mol. The Morgan fingerprint density at radius 3 is 2.29 bits per heavy atom. The molecule has 0 aliphatic rings. The first kappa shape index (κ1) is 11.5. The van der Waals surface area contributed by atoms with Gasteiger partial charge in [-0.05, 0) is 44.0 Å². The van der Waals surface area contributed by atoms with Gasteiger partial charge in [0.1, 0.15) is 12.4 Å². The molecule has 0 saturated heterocycles. The van der Waals surface area contributed by atoms with Gasteiger partial charge in [-0.1, -0.05) is 15.9 Å². The molecule has 0 radical (unpaired) electrons. The highest BCUT2D eigenvalue weighted by atomic mass is 79.9. The lowest BCUT2D eigenvalue weighted by Gasteiger charge is -2.11. The second-order valence-electron chi connectivity index (χ2n) is 3.53. The number of aliphatic hydroxyl groups excluding tert-OH is 1. The van der Waals surface area contributed by atoms with Crippen LogP contribution in [0.1, 0.15) is 18.1 Å². The Balaban J connectivity index is 2.79. The Labute approximate surface area is 93.0 Å². The van der Waals surface area contributed by atoms with Gasteiger partial charge in [-0.15, -0.1) is 0 Å². The number of ether oxygens (including phenoxy) is 1. The molecule has 1 aromatic carbocycles. The smallest absolute Gasteiger partial charge is 0.120 e. The van der Waals surface area contributed by atoms with Crippen LogP contribution in [0.5, 0.6) is 5.75 Å². The maximum absolute atomic E-state index is 9.07. The molecule has 0 fully saturated rings. The summed E-state index contributed by atoms with van der Waals surface area (Å²) < 4.78 is 6.53. The van der Waals surface area contributed by atoms with Crippen molar-refractivity contribution < 1.29 is 9.84 Å². The fourth-order valence-corrected chi connectivity index (χ4v) is 1.44. The average Bonchev–Trinajstić information content (AvgIpc) is 2.10. The minimum Gasteiger partial charge on any atom is -0.491 e. The van der Waals surface area contributed by atoms with Crippen LogP contribution >= 0.6 is 15.9 Å². The Morgan fingerprint density at radius 2 is 1.86 bits per heavy atom. The van der Waals surface area contributed by atoms with Crippen LogP contribution in [0, 0.1) is 13.8 Å². The molecule has 0 heterocycles. The zero-order chi connectivity index (χ0) is 10.7. The summed E-state index contributed by atoms with van der Waals surface area (Å²) in [5, 5.41) is 9.07. The van der Waals surface area contributed by atoms with Crippen LogP contribution in [-0.4, -0.2) is 17.8 Å². The molecule has 0 aromatic heterocycles. The van der Waals surface area contributed by atoms with Crippen molar-refractivity contribution in [3.63, 3.8) is 0 Å². The van der Waals surface area contributed by atoms with Crippen LogP contribution < -0.4 is 4.74 Å². The Hall–Kier alpha value is -0.540. The predicted octanol–water partition coefficient (Wildman–Crippen LogP) is 2.83. The first-order valence-corrected chi connectivity index (χ1v) is 5.37. The van der Waals surface area contributed by atoms with Crippen molar-refractivity contribution in [2.75, 3.05) is 6.61 Å². The molecule has 0 saturated carbocycles. The molecule has 2 nitrogen and oxygen atoms in total. The fraction of sp³-hybridized carbons (Fsp3) is 0.455.